The van der Waals surface area contributed by atoms with E-state index in [4.69, 9.17) is 23.7 Å². The molecule has 0 bridgehead atoms. The maximum Gasteiger partial charge on any atom is 1.00 e. The maximum atomic E-state index is 13.8. The average molecular weight is 1190 g/mol. The molecule has 0 aromatic heterocycles. The predicted molar refractivity (Wildman–Crippen MR) is 299 cm³/mol. The van der Waals surface area contributed by atoms with E-state index in [1.54, 1.807) is 41.8 Å². The van der Waals surface area contributed by atoms with E-state index in [-0.39, 0.29) is 115 Å². The Kier molecular flexibility index (Phi) is 42.3. The largest absolute Gasteiger partial charge is 1.00 e. The zero-order valence-electron chi connectivity index (χ0n) is 53.7. The monoisotopic (exact) mass is 1190 g/mol. The van der Waals surface area contributed by atoms with E-state index in [9.17, 15) is 49.9 Å². The topological polar surface area (TPSA) is 252 Å². The number of carbonyl (C=O) groups excluding carboxylic acids is 5. The Morgan fingerprint density at radius 3 is 1.01 bits per heavy atom. The Balaban J connectivity index is -0.000000443. The minimum absolute atomic E-state index is 0. The molecule has 0 saturated heterocycles. The first kappa shape index (κ1) is 86.5. The molecule has 0 N–H and O–H groups in total. The Hall–Kier alpha value is -1.29. The summed E-state index contributed by atoms with van der Waals surface area (Å²) in [4.78, 5) is 69.6. The number of hydrogen-bond acceptors (Lipinski definition) is 18. The van der Waals surface area contributed by atoms with Crippen LogP contribution in [-0.2, 0) is 67.9 Å². The van der Waals surface area contributed by atoms with Crippen LogP contribution in [0.5, 0.6) is 0 Å². The van der Waals surface area contributed by atoms with Gasteiger partial charge in [0.1, 0.15) is 72.9 Å². The van der Waals surface area contributed by atoms with E-state index in [0.717, 1.165) is 37.0 Å². The molecule has 3 atom stereocenters. The van der Waals surface area contributed by atoms with Gasteiger partial charge in [-0.25, -0.2) is 16.8 Å². The molecule has 0 saturated carbocycles. The molecule has 0 aromatic rings. The normalized spacial score (nSPS) is 14.6. The van der Waals surface area contributed by atoms with Gasteiger partial charge < -0.3 is 56.0 Å². The van der Waals surface area contributed by atoms with Crippen LogP contribution in [0.2, 0.25) is 0 Å². The van der Waals surface area contributed by atoms with Gasteiger partial charge in [-0.2, -0.15) is 0 Å². The molecule has 0 aliphatic heterocycles. The van der Waals surface area contributed by atoms with E-state index >= 15 is 0 Å². The summed E-state index contributed by atoms with van der Waals surface area (Å²) < 4.78 is 90.9. The molecule has 0 radical (unpaired) electrons. The van der Waals surface area contributed by atoms with Gasteiger partial charge >= 0.3 is 89.0 Å². The number of nitrogens with zero attached hydrogens (tertiary/aromatic N) is 5. The number of likely N-dealkylation sites (N-methyl/N-ethyl adjacent to an activating group) is 5. The third-order valence-electron chi connectivity index (χ3n) is 13.7. The second-order valence-corrected chi connectivity index (χ2v) is 27.9. The van der Waals surface area contributed by atoms with Crippen LogP contribution in [-0.4, -0.2) is 241 Å². The van der Waals surface area contributed by atoms with Crippen molar-refractivity contribution in [1.82, 2.24) is 9.80 Å². The first-order chi connectivity index (χ1) is 34.7. The van der Waals surface area contributed by atoms with Crippen molar-refractivity contribution < 1.29 is 146 Å². The van der Waals surface area contributed by atoms with Gasteiger partial charge in [-0.3, -0.25) is 24.0 Å². The molecule has 0 spiro atoms. The van der Waals surface area contributed by atoms with Crippen LogP contribution in [0.1, 0.15) is 121 Å². The van der Waals surface area contributed by atoms with Gasteiger partial charge in [-0.05, 0) is 122 Å². The van der Waals surface area contributed by atoms with Crippen LogP contribution < -0.4 is 59.1 Å². The van der Waals surface area contributed by atoms with Crippen LogP contribution in [0.15, 0.2) is 12.0 Å². The molecule has 0 rings (SSSR count). The number of esters is 5. The van der Waals surface area contributed by atoms with Crippen molar-refractivity contribution in [1.29, 1.82) is 0 Å². The van der Waals surface area contributed by atoms with Gasteiger partial charge in [-0.15, -0.1) is 0 Å². The van der Waals surface area contributed by atoms with Crippen LogP contribution in [0.25, 0.3) is 0 Å². The van der Waals surface area contributed by atoms with Crippen molar-refractivity contribution >= 4 is 50.1 Å². The zero-order valence-corrected chi connectivity index (χ0v) is 59.4. The minimum Gasteiger partial charge on any atom is -0.748 e. The van der Waals surface area contributed by atoms with Gasteiger partial charge in [0, 0.05) is 18.5 Å². The van der Waals surface area contributed by atoms with Crippen molar-refractivity contribution in [2.45, 2.75) is 121 Å². The third-order valence-corrected chi connectivity index (χ3v) is 14.8. The summed E-state index contributed by atoms with van der Waals surface area (Å²) in [7, 11) is 11.1. The smallest absolute Gasteiger partial charge is 0.748 e. The molecule has 0 aliphatic rings. The van der Waals surface area contributed by atoms with E-state index in [1.165, 1.54) is 0 Å². The number of ether oxygens (including phenoxy) is 5. The van der Waals surface area contributed by atoms with Crippen molar-refractivity contribution in [3.05, 3.63) is 12.0 Å². The number of hydrogen-bond donors (Lipinski definition) is 0. The van der Waals surface area contributed by atoms with Crippen LogP contribution in [0, 0.1) is 27.1 Å². The summed E-state index contributed by atoms with van der Waals surface area (Å²) in [6.45, 7) is 29.5. The molecule has 0 amide bonds. The summed E-state index contributed by atoms with van der Waals surface area (Å²) >= 11 is 0. The third kappa shape index (κ3) is 39.8. The van der Waals surface area contributed by atoms with E-state index < -0.39 is 71.0 Å². The van der Waals surface area contributed by atoms with Crippen molar-refractivity contribution in [3.63, 3.8) is 0 Å². The summed E-state index contributed by atoms with van der Waals surface area (Å²) in [6, 6.07) is 0. The Morgan fingerprint density at radius 2 is 0.734 bits per heavy atom. The molecule has 456 valence electrons. The van der Waals surface area contributed by atoms with Gasteiger partial charge in [0.2, 0.25) is 0 Å². The fourth-order valence-corrected chi connectivity index (χ4v) is 9.18. The molecule has 3 unspecified atom stereocenters. The van der Waals surface area contributed by atoms with Crippen molar-refractivity contribution in [2.75, 3.05) is 162 Å². The van der Waals surface area contributed by atoms with Gasteiger partial charge in [0.25, 0.3) is 0 Å². The Labute approximate surface area is 523 Å². The first-order valence-corrected chi connectivity index (χ1v) is 29.9. The molecule has 79 heavy (non-hydrogen) atoms. The standard InChI is InChI=1S/C31H62N3O9S.C21H43N2O4.C2H4O3S.2Na/c1-13-16-33(9,10)17-22-43-28(37)31(6,25-30(5,14-2)27(36)41-20-15-32(7)8)24-29(3,4)26(35)42-21-18-34(11,12)19-23-44(38,39)40;1-10-13-23(8,9)14-16-27-18(24)20(3,4)17-21(5,11-2)19(25)26-15-12-22(6)7;1-2-6(3,4)5;;/h13-25H2,1-12H3;10-17H2,1-9H3;2H,1H2,(H,3,4,5);;/q2*+1;;2*+1/p-1. The number of carbonyl (C=O) groups is 5. The number of quaternary nitrogens is 3. The zero-order chi connectivity index (χ0) is 61.1. The molecule has 0 aliphatic carbocycles. The molecule has 25 heteroatoms. The molecule has 0 heterocycles. The molecule has 0 aromatic carbocycles. The van der Waals surface area contributed by atoms with Gasteiger partial charge in [-0.1, -0.05) is 34.3 Å². The second kappa shape index (κ2) is 38.6. The van der Waals surface area contributed by atoms with E-state index in [1.807, 2.05) is 72.6 Å². The van der Waals surface area contributed by atoms with Gasteiger partial charge in [0.15, 0.2) is 0 Å². The first-order valence-electron chi connectivity index (χ1n) is 26.8. The molecule has 21 nitrogen and oxygen atoms in total. The quantitative estimate of drug-likeness (QED) is 0.0244. The van der Waals surface area contributed by atoms with Crippen LogP contribution in [0.3, 0.4) is 0 Å². The molecular formula is C54H108N5Na2O16S2+3. The SMILES string of the molecule is C=CS(=O)(=O)[O-].CCC[N+](C)(C)CCOC(=O)C(C)(C)CC(C)(CC)C(=O)OCCN(C)C.CCC[N+](C)(C)CCOC(=O)C(C)(CC(C)(C)C(=O)OCC[N+](C)(C)CCS(=O)(=O)[O-])CC(C)(CC)C(=O)OCCN(C)C.[Na+].[Na+]. The molecular weight excluding hydrogens is 1080 g/mol. The fraction of sp³-hybridized carbons (Fsp3) is 0.870. The number of rotatable bonds is 36. The summed E-state index contributed by atoms with van der Waals surface area (Å²) in [5.74, 6) is -2.41. The minimum atomic E-state index is -4.35. The summed E-state index contributed by atoms with van der Waals surface area (Å²) in [6.07, 6.45) is 3.72. The maximum absolute atomic E-state index is 13.8. The molecule has 0 fully saturated rings. The van der Waals surface area contributed by atoms with Crippen LogP contribution in [0.4, 0.5) is 0 Å². The average Bonchev–Trinajstić information content (AvgIpc) is 3.27. The Bertz CT molecular complexity index is 2050. The van der Waals surface area contributed by atoms with Crippen molar-refractivity contribution in [3.8, 4) is 0 Å². The summed E-state index contributed by atoms with van der Waals surface area (Å²) in [5.41, 5.74) is -4.78. The fourth-order valence-electron chi connectivity index (χ4n) is 8.46. The van der Waals surface area contributed by atoms with Crippen molar-refractivity contribution in [2.24, 2.45) is 27.1 Å². The second-order valence-electron chi connectivity index (χ2n) is 25.0. The summed E-state index contributed by atoms with van der Waals surface area (Å²) in [5, 5.41) is 0.354. The van der Waals surface area contributed by atoms with Crippen LogP contribution >= 0.6 is 0 Å². The van der Waals surface area contributed by atoms with E-state index in [2.05, 4.69) is 48.6 Å². The Morgan fingerprint density at radius 1 is 0.468 bits per heavy atom. The van der Waals surface area contributed by atoms with E-state index in [0.29, 0.717) is 68.5 Å². The predicted octanol–water partition coefficient (Wildman–Crippen LogP) is -0.849. The van der Waals surface area contributed by atoms with Gasteiger partial charge in [0.05, 0.1) is 94.7 Å².